The molecule has 0 bridgehead atoms. The number of carbonyl (C=O) groups is 1. The van der Waals surface area contributed by atoms with Gasteiger partial charge in [-0.1, -0.05) is 6.92 Å². The van der Waals surface area contributed by atoms with E-state index in [-0.39, 0.29) is 6.42 Å². The summed E-state index contributed by atoms with van der Waals surface area (Å²) in [6.45, 7) is 1.56. The zero-order chi connectivity index (χ0) is 10.0. The normalized spacial score (nSPS) is 9.92. The molecule has 1 aromatic rings. The van der Waals surface area contributed by atoms with Gasteiger partial charge in [0.1, 0.15) is 0 Å². The summed E-state index contributed by atoms with van der Waals surface area (Å²) in [6.07, 6.45) is 0.0951. The van der Waals surface area contributed by atoms with E-state index in [0.29, 0.717) is 4.73 Å². The maximum Gasteiger partial charge on any atom is 0.332 e. The smallest absolute Gasteiger partial charge is 0.332 e. The standard InChI is InChI=1S/C7H9NO5/c1-2-6(11)13-8-5(10)3-4(9)7(8)12/h3,9-10,12H,2H2,1H3. The van der Waals surface area contributed by atoms with E-state index in [9.17, 15) is 4.79 Å². The number of carbonyl (C=O) groups excluding carboxylic acids is 1. The van der Waals surface area contributed by atoms with E-state index in [0.717, 1.165) is 6.07 Å². The van der Waals surface area contributed by atoms with Crippen LogP contribution in [0.25, 0.3) is 0 Å². The molecule has 0 unspecified atom stereocenters. The Morgan fingerprint density at radius 2 is 2.15 bits per heavy atom. The van der Waals surface area contributed by atoms with Crippen LogP contribution in [0.5, 0.6) is 17.5 Å². The Morgan fingerprint density at radius 1 is 1.54 bits per heavy atom. The van der Waals surface area contributed by atoms with Crippen LogP contribution in [0.15, 0.2) is 6.07 Å². The van der Waals surface area contributed by atoms with E-state index < -0.39 is 23.5 Å². The molecule has 1 heterocycles. The molecule has 0 radical (unpaired) electrons. The van der Waals surface area contributed by atoms with E-state index in [4.69, 9.17) is 15.3 Å². The van der Waals surface area contributed by atoms with Gasteiger partial charge < -0.3 is 20.2 Å². The molecule has 3 N–H and O–H groups in total. The van der Waals surface area contributed by atoms with Crippen LogP contribution in [0.3, 0.4) is 0 Å². The van der Waals surface area contributed by atoms with Crippen molar-refractivity contribution in [2.45, 2.75) is 13.3 Å². The third kappa shape index (κ3) is 1.66. The zero-order valence-corrected chi connectivity index (χ0v) is 6.89. The summed E-state index contributed by atoms with van der Waals surface area (Å²) in [5.74, 6) is -2.45. The van der Waals surface area contributed by atoms with Crippen molar-refractivity contribution in [3.8, 4) is 17.5 Å². The van der Waals surface area contributed by atoms with Crippen molar-refractivity contribution in [1.29, 1.82) is 0 Å². The number of hydrogen-bond acceptors (Lipinski definition) is 5. The molecule has 0 saturated heterocycles. The second-order valence-corrected chi connectivity index (χ2v) is 2.32. The van der Waals surface area contributed by atoms with Crippen LogP contribution in [0.1, 0.15) is 13.3 Å². The van der Waals surface area contributed by atoms with Crippen molar-refractivity contribution in [1.82, 2.24) is 4.73 Å². The highest BCUT2D eigenvalue weighted by Gasteiger charge is 2.16. The van der Waals surface area contributed by atoms with Gasteiger partial charge in [-0.2, -0.15) is 0 Å². The van der Waals surface area contributed by atoms with Gasteiger partial charge in [-0.3, -0.25) is 0 Å². The number of aromatic hydroxyl groups is 3. The molecule has 0 aliphatic heterocycles. The monoisotopic (exact) mass is 187 g/mol. The van der Waals surface area contributed by atoms with Crippen molar-refractivity contribution in [3.63, 3.8) is 0 Å². The fraction of sp³-hybridized carbons (Fsp3) is 0.286. The van der Waals surface area contributed by atoms with Crippen LogP contribution in [-0.4, -0.2) is 26.0 Å². The summed E-state index contributed by atoms with van der Waals surface area (Å²) in [5, 5.41) is 26.9. The number of aromatic nitrogens is 1. The first-order valence-electron chi connectivity index (χ1n) is 3.60. The average molecular weight is 187 g/mol. The average Bonchev–Trinajstić information content (AvgIpc) is 2.32. The van der Waals surface area contributed by atoms with Gasteiger partial charge in [0.2, 0.25) is 5.88 Å². The van der Waals surface area contributed by atoms with Gasteiger partial charge in [0, 0.05) is 12.5 Å². The zero-order valence-electron chi connectivity index (χ0n) is 6.89. The molecule has 0 spiro atoms. The van der Waals surface area contributed by atoms with Crippen LogP contribution in [0, 0.1) is 0 Å². The summed E-state index contributed by atoms with van der Waals surface area (Å²) in [6, 6.07) is 0.859. The fourth-order valence-corrected chi connectivity index (χ4v) is 0.714. The Labute approximate surface area is 73.6 Å². The fourth-order valence-electron chi connectivity index (χ4n) is 0.714. The van der Waals surface area contributed by atoms with Crippen LogP contribution < -0.4 is 4.84 Å². The topological polar surface area (TPSA) is 91.9 Å². The van der Waals surface area contributed by atoms with Crippen molar-refractivity contribution in [2.24, 2.45) is 0 Å². The highest BCUT2D eigenvalue weighted by atomic mass is 16.7. The molecule has 13 heavy (non-hydrogen) atoms. The molecule has 0 aromatic carbocycles. The number of rotatable bonds is 2. The molecule has 0 atom stereocenters. The minimum Gasteiger partial charge on any atom is -0.503 e. The molecule has 0 amide bonds. The highest BCUT2D eigenvalue weighted by Crippen LogP contribution is 2.31. The molecule has 72 valence electrons. The van der Waals surface area contributed by atoms with E-state index >= 15 is 0 Å². The molecule has 6 heteroatoms. The van der Waals surface area contributed by atoms with Gasteiger partial charge >= 0.3 is 5.97 Å². The van der Waals surface area contributed by atoms with Gasteiger partial charge in [0.15, 0.2) is 5.75 Å². The minimum atomic E-state index is -0.709. The maximum absolute atomic E-state index is 10.7. The Morgan fingerprint density at radius 3 is 2.54 bits per heavy atom. The maximum atomic E-state index is 10.7. The number of nitrogens with zero attached hydrogens (tertiary/aromatic N) is 1. The first-order chi connectivity index (χ1) is 6.06. The molecule has 0 aliphatic rings. The third-order valence-electron chi connectivity index (χ3n) is 1.38. The molecule has 0 aliphatic carbocycles. The van der Waals surface area contributed by atoms with Crippen LogP contribution in [0.4, 0.5) is 0 Å². The van der Waals surface area contributed by atoms with Gasteiger partial charge in [-0.05, 0) is 0 Å². The van der Waals surface area contributed by atoms with E-state index in [1.54, 1.807) is 6.92 Å². The van der Waals surface area contributed by atoms with Gasteiger partial charge in [-0.15, -0.1) is 4.73 Å². The van der Waals surface area contributed by atoms with Crippen molar-refractivity contribution in [2.75, 3.05) is 0 Å². The van der Waals surface area contributed by atoms with Gasteiger partial charge in [-0.25, -0.2) is 4.79 Å². The van der Waals surface area contributed by atoms with E-state index in [2.05, 4.69) is 4.84 Å². The largest absolute Gasteiger partial charge is 0.503 e. The summed E-state index contributed by atoms with van der Waals surface area (Å²) < 4.78 is 0.446. The lowest BCUT2D eigenvalue weighted by molar-refractivity contribution is -0.145. The lowest BCUT2D eigenvalue weighted by Gasteiger charge is -2.04. The van der Waals surface area contributed by atoms with Gasteiger partial charge in [0.25, 0.3) is 5.88 Å². The Balaban J connectivity index is 2.94. The lowest BCUT2D eigenvalue weighted by Crippen LogP contribution is -2.17. The quantitative estimate of drug-likeness (QED) is 0.604. The summed E-state index contributed by atoms with van der Waals surface area (Å²) in [7, 11) is 0. The SMILES string of the molecule is CCC(=O)On1c(O)cc(O)c1O. The minimum absolute atomic E-state index is 0.0951. The molecule has 0 fully saturated rings. The van der Waals surface area contributed by atoms with Crippen LogP contribution >= 0.6 is 0 Å². The second-order valence-electron chi connectivity index (χ2n) is 2.32. The molecular weight excluding hydrogens is 178 g/mol. The summed E-state index contributed by atoms with van der Waals surface area (Å²) in [5.41, 5.74) is 0. The highest BCUT2D eigenvalue weighted by molar-refractivity contribution is 5.69. The molecule has 1 rings (SSSR count). The summed E-state index contributed by atoms with van der Waals surface area (Å²) >= 11 is 0. The first-order valence-corrected chi connectivity index (χ1v) is 3.60. The molecular formula is C7H9NO5. The number of hydrogen-bond donors (Lipinski definition) is 3. The van der Waals surface area contributed by atoms with Crippen molar-refractivity contribution in [3.05, 3.63) is 6.07 Å². The second kappa shape index (κ2) is 3.26. The predicted octanol–water partition coefficient (Wildman–Crippen LogP) is -0.0299. The predicted molar refractivity (Wildman–Crippen MR) is 41.3 cm³/mol. The molecule has 1 aromatic heterocycles. The Hall–Kier alpha value is -1.85. The van der Waals surface area contributed by atoms with Gasteiger partial charge in [0.05, 0.1) is 0 Å². The van der Waals surface area contributed by atoms with E-state index in [1.807, 2.05) is 0 Å². The Bertz CT molecular complexity index is 330. The van der Waals surface area contributed by atoms with E-state index in [1.165, 1.54) is 0 Å². The van der Waals surface area contributed by atoms with Crippen LogP contribution in [0.2, 0.25) is 0 Å². The Kier molecular flexibility index (Phi) is 2.32. The third-order valence-corrected chi connectivity index (χ3v) is 1.38. The molecule has 0 saturated carbocycles. The summed E-state index contributed by atoms with van der Waals surface area (Å²) in [4.78, 5) is 15.2. The molecule has 6 nitrogen and oxygen atoms in total. The van der Waals surface area contributed by atoms with Crippen LogP contribution in [-0.2, 0) is 4.79 Å². The van der Waals surface area contributed by atoms with Crippen molar-refractivity contribution < 1.29 is 25.0 Å². The lowest BCUT2D eigenvalue weighted by atomic mass is 10.5. The van der Waals surface area contributed by atoms with Crippen molar-refractivity contribution >= 4 is 5.97 Å². The first kappa shape index (κ1) is 9.24.